The summed E-state index contributed by atoms with van der Waals surface area (Å²) in [5.74, 6) is -2.53. The number of aliphatic hydroxyl groups excluding tert-OH is 1. The highest BCUT2D eigenvalue weighted by Crippen LogP contribution is 2.43. The number of Topliss-reactive ketones (excluding diaryl/α,β-unsaturated/α-hetero) is 1. The second-order valence-corrected chi connectivity index (χ2v) is 9.27. The highest BCUT2D eigenvalue weighted by atomic mass is 35.5. The number of benzene rings is 1. The predicted octanol–water partition coefficient (Wildman–Crippen LogP) is 4.86. The Bertz CT molecular complexity index is 1040. The fourth-order valence-electron chi connectivity index (χ4n) is 4.06. The first kappa shape index (κ1) is 24.4. The molecular weight excluding hydrogens is 453 g/mol. The van der Waals surface area contributed by atoms with E-state index in [2.05, 4.69) is 23.7 Å². The van der Waals surface area contributed by atoms with Gasteiger partial charge in [0, 0.05) is 17.1 Å². The molecule has 9 heteroatoms. The standard InChI is InChI=1S/C23H27ClFN3O3S/c1-5-27(6-2)11-8-12-28-19(17-15(24)9-7-10-16(17)25)18(21(30)23(28)31)20(29)22-13(3)26-14(4)32-22/h7,9-10,19,30H,5-6,8,11-12H2,1-4H3. The fraction of sp³-hybridized carbons (Fsp3) is 0.435. The van der Waals surface area contributed by atoms with Gasteiger partial charge >= 0.3 is 0 Å². The fourth-order valence-corrected chi connectivity index (χ4v) is 5.20. The van der Waals surface area contributed by atoms with Crippen LogP contribution in [0.3, 0.4) is 0 Å². The van der Waals surface area contributed by atoms with Gasteiger partial charge in [0.1, 0.15) is 5.82 Å². The summed E-state index contributed by atoms with van der Waals surface area (Å²) in [5.41, 5.74) is 0.358. The van der Waals surface area contributed by atoms with Gasteiger partial charge in [0.2, 0.25) is 5.78 Å². The van der Waals surface area contributed by atoms with Crippen LogP contribution < -0.4 is 0 Å². The first-order valence-corrected chi connectivity index (χ1v) is 11.8. The minimum absolute atomic E-state index is 0.0108. The van der Waals surface area contributed by atoms with Crippen molar-refractivity contribution in [1.29, 1.82) is 0 Å². The summed E-state index contributed by atoms with van der Waals surface area (Å²) in [6.07, 6.45) is 0.601. The summed E-state index contributed by atoms with van der Waals surface area (Å²) >= 11 is 7.52. The number of rotatable bonds is 9. The number of aromatic nitrogens is 1. The number of hydrogen-bond donors (Lipinski definition) is 1. The smallest absolute Gasteiger partial charge is 0.290 e. The van der Waals surface area contributed by atoms with Gasteiger partial charge in [-0.25, -0.2) is 9.37 Å². The first-order chi connectivity index (χ1) is 15.2. The van der Waals surface area contributed by atoms with E-state index in [9.17, 15) is 19.1 Å². The molecule has 6 nitrogen and oxygen atoms in total. The number of hydrogen-bond acceptors (Lipinski definition) is 6. The zero-order chi connectivity index (χ0) is 23.6. The van der Waals surface area contributed by atoms with Crippen LogP contribution in [0, 0.1) is 19.7 Å². The lowest BCUT2D eigenvalue weighted by atomic mass is 9.94. The number of aryl methyl sites for hydroxylation is 2. The highest BCUT2D eigenvalue weighted by Gasteiger charge is 2.46. The second kappa shape index (κ2) is 10.1. The van der Waals surface area contributed by atoms with Gasteiger partial charge in [-0.3, -0.25) is 9.59 Å². The van der Waals surface area contributed by atoms with Gasteiger partial charge in [0.05, 0.1) is 27.2 Å². The van der Waals surface area contributed by atoms with Gasteiger partial charge in [-0.2, -0.15) is 0 Å². The van der Waals surface area contributed by atoms with E-state index < -0.39 is 29.3 Å². The summed E-state index contributed by atoms with van der Waals surface area (Å²) in [4.78, 5) is 34.6. The van der Waals surface area contributed by atoms with Crippen molar-refractivity contribution in [2.75, 3.05) is 26.2 Å². The average Bonchev–Trinajstić information content (AvgIpc) is 3.21. The topological polar surface area (TPSA) is 73.7 Å². The number of halogens is 2. The molecule has 2 aromatic rings. The Kier molecular flexibility index (Phi) is 7.69. The Balaban J connectivity index is 2.05. The molecule has 0 spiro atoms. The monoisotopic (exact) mass is 479 g/mol. The summed E-state index contributed by atoms with van der Waals surface area (Å²) in [7, 11) is 0. The van der Waals surface area contributed by atoms with E-state index >= 15 is 0 Å². The van der Waals surface area contributed by atoms with E-state index in [0.29, 0.717) is 22.0 Å². The summed E-state index contributed by atoms with van der Waals surface area (Å²) in [6, 6.07) is 3.10. The van der Waals surface area contributed by atoms with Gasteiger partial charge < -0.3 is 14.9 Å². The van der Waals surface area contributed by atoms with Crippen molar-refractivity contribution in [2.24, 2.45) is 0 Å². The average molecular weight is 480 g/mol. The molecule has 0 bridgehead atoms. The molecule has 1 unspecified atom stereocenters. The molecule has 0 saturated carbocycles. The Morgan fingerprint density at radius 3 is 2.56 bits per heavy atom. The van der Waals surface area contributed by atoms with Crippen LogP contribution in [0.15, 0.2) is 29.5 Å². The Labute approximate surface area is 196 Å². The quantitative estimate of drug-likeness (QED) is 0.520. The molecule has 2 heterocycles. The predicted molar refractivity (Wildman–Crippen MR) is 124 cm³/mol. The van der Waals surface area contributed by atoms with E-state index in [1.807, 2.05) is 0 Å². The zero-order valence-electron chi connectivity index (χ0n) is 18.6. The second-order valence-electron chi connectivity index (χ2n) is 7.66. The first-order valence-electron chi connectivity index (χ1n) is 10.6. The summed E-state index contributed by atoms with van der Waals surface area (Å²) < 4.78 is 15.0. The van der Waals surface area contributed by atoms with Crippen molar-refractivity contribution < 1.29 is 19.1 Å². The van der Waals surface area contributed by atoms with Gasteiger partial charge in [-0.15, -0.1) is 11.3 Å². The van der Waals surface area contributed by atoms with E-state index in [4.69, 9.17) is 11.6 Å². The van der Waals surface area contributed by atoms with Crippen molar-refractivity contribution in [3.8, 4) is 0 Å². The molecule has 1 atom stereocenters. The molecule has 0 fully saturated rings. The molecule has 172 valence electrons. The van der Waals surface area contributed by atoms with Crippen molar-refractivity contribution in [2.45, 2.75) is 40.2 Å². The Morgan fingerprint density at radius 2 is 2.00 bits per heavy atom. The number of amides is 1. The van der Waals surface area contributed by atoms with Gasteiger partial charge in [-0.05, 0) is 52.0 Å². The van der Waals surface area contributed by atoms with Crippen molar-refractivity contribution in [1.82, 2.24) is 14.8 Å². The molecule has 0 saturated heterocycles. The van der Waals surface area contributed by atoms with Crippen LogP contribution >= 0.6 is 22.9 Å². The van der Waals surface area contributed by atoms with Crippen molar-refractivity contribution >= 4 is 34.6 Å². The number of nitrogens with zero attached hydrogens (tertiary/aromatic N) is 3. The van der Waals surface area contributed by atoms with E-state index in [0.717, 1.165) is 19.6 Å². The molecule has 32 heavy (non-hydrogen) atoms. The number of carbonyl (C=O) groups excluding carboxylic acids is 2. The van der Waals surface area contributed by atoms with Crippen LogP contribution in [-0.2, 0) is 4.79 Å². The molecule has 1 aliphatic heterocycles. The van der Waals surface area contributed by atoms with Crippen LogP contribution in [0.25, 0.3) is 0 Å². The Hall–Kier alpha value is -2.29. The van der Waals surface area contributed by atoms with Gasteiger partial charge in [-0.1, -0.05) is 31.5 Å². The minimum Gasteiger partial charge on any atom is -0.503 e. The van der Waals surface area contributed by atoms with E-state index in [1.165, 1.54) is 34.4 Å². The molecular formula is C23H27ClFN3O3S. The molecule has 1 aromatic heterocycles. The molecule has 1 N–H and O–H groups in total. The highest BCUT2D eigenvalue weighted by molar-refractivity contribution is 7.14. The zero-order valence-corrected chi connectivity index (χ0v) is 20.2. The van der Waals surface area contributed by atoms with E-state index in [-0.39, 0.29) is 22.7 Å². The largest absolute Gasteiger partial charge is 0.503 e. The molecule has 1 amide bonds. The molecule has 0 aliphatic carbocycles. The summed E-state index contributed by atoms with van der Waals surface area (Å²) in [6.45, 7) is 10.3. The third-order valence-corrected chi connectivity index (χ3v) is 7.10. The maximum atomic E-state index is 15.0. The molecule has 0 radical (unpaired) electrons. The number of ketones is 1. The van der Waals surface area contributed by atoms with E-state index in [1.54, 1.807) is 13.8 Å². The Morgan fingerprint density at radius 1 is 1.31 bits per heavy atom. The molecule has 1 aliphatic rings. The lowest BCUT2D eigenvalue weighted by molar-refractivity contribution is -0.129. The lowest BCUT2D eigenvalue weighted by Gasteiger charge is -2.28. The van der Waals surface area contributed by atoms with Crippen LogP contribution in [0.1, 0.15) is 52.2 Å². The third-order valence-electron chi connectivity index (χ3n) is 5.70. The van der Waals surface area contributed by atoms with Crippen molar-refractivity contribution in [3.05, 3.63) is 61.5 Å². The van der Waals surface area contributed by atoms with Gasteiger partial charge in [0.25, 0.3) is 5.91 Å². The number of thiazole rings is 1. The number of carbonyl (C=O) groups is 2. The maximum absolute atomic E-state index is 15.0. The van der Waals surface area contributed by atoms with Crippen LogP contribution in [0.2, 0.25) is 5.02 Å². The van der Waals surface area contributed by atoms with Crippen molar-refractivity contribution in [3.63, 3.8) is 0 Å². The number of aliphatic hydroxyl groups is 1. The van der Waals surface area contributed by atoms with Crippen LogP contribution in [-0.4, -0.2) is 57.8 Å². The lowest BCUT2D eigenvalue weighted by Crippen LogP contribution is -2.35. The SMILES string of the molecule is CCN(CC)CCCN1C(=O)C(O)=C(C(=O)c2sc(C)nc2C)C1c1c(F)cccc1Cl. The van der Waals surface area contributed by atoms with Gasteiger partial charge in [0.15, 0.2) is 5.76 Å². The maximum Gasteiger partial charge on any atom is 0.290 e. The normalized spacial score (nSPS) is 16.5. The van der Waals surface area contributed by atoms with Crippen LogP contribution in [0.5, 0.6) is 0 Å². The molecule has 3 rings (SSSR count). The molecule has 1 aromatic carbocycles. The third kappa shape index (κ3) is 4.58. The van der Waals surface area contributed by atoms with Crippen LogP contribution in [0.4, 0.5) is 4.39 Å². The minimum atomic E-state index is -1.11. The summed E-state index contributed by atoms with van der Waals surface area (Å²) in [5, 5.41) is 11.5.